The van der Waals surface area contributed by atoms with Gasteiger partial charge in [0.1, 0.15) is 17.3 Å². The van der Waals surface area contributed by atoms with E-state index in [9.17, 15) is 0 Å². The Bertz CT molecular complexity index is 2250. The van der Waals surface area contributed by atoms with Crippen molar-refractivity contribution < 1.29 is 4.74 Å². The predicted octanol–water partition coefficient (Wildman–Crippen LogP) is 12.7. The van der Waals surface area contributed by atoms with Crippen LogP contribution < -0.4 is 4.74 Å². The van der Waals surface area contributed by atoms with Crippen molar-refractivity contribution in [2.24, 2.45) is 23.7 Å². The molecule has 3 atom stereocenters. The van der Waals surface area contributed by atoms with Crippen LogP contribution in [0.15, 0.2) is 90.6 Å². The van der Waals surface area contributed by atoms with Crippen LogP contribution in [-0.2, 0) is 12.8 Å². The van der Waals surface area contributed by atoms with Crippen molar-refractivity contribution in [3.63, 3.8) is 0 Å². The molecule has 0 aliphatic heterocycles. The van der Waals surface area contributed by atoms with E-state index < -0.39 is 0 Å². The third kappa shape index (κ3) is 7.20. The van der Waals surface area contributed by atoms with Crippen LogP contribution in [0.1, 0.15) is 102 Å². The minimum absolute atomic E-state index is 0.399. The zero-order valence-electron chi connectivity index (χ0n) is 32.7. The second kappa shape index (κ2) is 14.8. The molecule has 3 aromatic heterocycles. The second-order valence-electron chi connectivity index (χ2n) is 16.5. The molecule has 1 aliphatic carbocycles. The number of aromatic nitrogens is 4. The van der Waals surface area contributed by atoms with E-state index in [0.717, 1.165) is 65.3 Å². The van der Waals surface area contributed by atoms with E-state index in [1.807, 2.05) is 12.3 Å². The maximum atomic E-state index is 6.77. The summed E-state index contributed by atoms with van der Waals surface area (Å²) in [6, 6.07) is 25.8. The Kier molecular flexibility index (Phi) is 10.2. The van der Waals surface area contributed by atoms with E-state index >= 15 is 0 Å². The topological polar surface area (TPSA) is 44.9 Å². The van der Waals surface area contributed by atoms with Crippen LogP contribution in [0.5, 0.6) is 11.5 Å². The van der Waals surface area contributed by atoms with Gasteiger partial charge in [-0.25, -0.2) is 9.67 Å². The molecular formula is C47H56N4O. The quantitative estimate of drug-likeness (QED) is 0.127. The smallest absolute Gasteiger partial charge is 0.137 e. The van der Waals surface area contributed by atoms with Crippen LogP contribution in [0, 0.1) is 37.5 Å². The number of rotatable bonds is 11. The van der Waals surface area contributed by atoms with Gasteiger partial charge in [0.2, 0.25) is 0 Å². The minimum atomic E-state index is 0.399. The van der Waals surface area contributed by atoms with Gasteiger partial charge in [0.15, 0.2) is 0 Å². The molecule has 0 fully saturated rings. The third-order valence-electron chi connectivity index (χ3n) is 11.0. The number of hydrogen-bond donors (Lipinski definition) is 0. The van der Waals surface area contributed by atoms with Gasteiger partial charge in [-0.3, -0.25) is 4.57 Å². The average molecular weight is 693 g/mol. The fraction of sp³-hybridized carbons (Fsp3) is 0.404. The van der Waals surface area contributed by atoms with Crippen LogP contribution in [0.4, 0.5) is 0 Å². The van der Waals surface area contributed by atoms with Gasteiger partial charge in [-0.05, 0) is 130 Å². The highest BCUT2D eigenvalue weighted by Crippen LogP contribution is 2.44. The Morgan fingerprint density at radius 3 is 2.27 bits per heavy atom. The molecule has 5 heteroatoms. The van der Waals surface area contributed by atoms with Crippen LogP contribution in [-0.4, -0.2) is 19.3 Å². The highest BCUT2D eigenvalue weighted by molar-refractivity contribution is 6.09. The normalized spacial score (nSPS) is 17.8. The van der Waals surface area contributed by atoms with Crippen molar-refractivity contribution in [2.75, 3.05) is 0 Å². The summed E-state index contributed by atoms with van der Waals surface area (Å²) >= 11 is 0. The lowest BCUT2D eigenvalue weighted by Gasteiger charge is -2.33. The third-order valence-corrected chi connectivity index (χ3v) is 11.0. The molecule has 0 N–H and O–H groups in total. The fourth-order valence-electron chi connectivity index (χ4n) is 8.62. The van der Waals surface area contributed by atoms with Gasteiger partial charge in [0, 0.05) is 46.3 Å². The Balaban J connectivity index is 1.33. The summed E-state index contributed by atoms with van der Waals surface area (Å²) in [7, 11) is 0. The number of allylic oxidation sites excluding steroid dienone is 2. The van der Waals surface area contributed by atoms with E-state index in [4.69, 9.17) is 14.8 Å². The predicted molar refractivity (Wildman–Crippen MR) is 217 cm³/mol. The lowest BCUT2D eigenvalue weighted by Crippen LogP contribution is -2.21. The lowest BCUT2D eigenvalue weighted by molar-refractivity contribution is 0.388. The molecule has 0 saturated carbocycles. The van der Waals surface area contributed by atoms with Crippen molar-refractivity contribution in [2.45, 2.75) is 100 Å². The van der Waals surface area contributed by atoms with Gasteiger partial charge in [0.05, 0.1) is 22.4 Å². The monoisotopic (exact) mass is 692 g/mol. The SMILES string of the molecule is CC1=CC(C)C[C@H](C)[C@@H]1c1c(CCC(C)C)nn(-c2cc(C)cc(Oc3ccc4c5ccccc5n(-c5cc(C)ccn5)c4c3)c2)c1CCC(C)C. The maximum Gasteiger partial charge on any atom is 0.137 e. The number of aryl methyl sites for hydroxylation is 3. The molecule has 0 bridgehead atoms. The molecule has 1 unspecified atom stereocenters. The number of ether oxygens (including phenoxy) is 1. The van der Waals surface area contributed by atoms with Crippen LogP contribution >= 0.6 is 0 Å². The standard InChI is InChI=1S/C47H56N4O/c1-29(2)14-18-41-47(46-34(8)22-32(6)23-35(46)9)43(19-15-30(3)4)51(49-41)36-24-33(7)25-38(27-36)52-37-16-17-40-39-12-10-11-13-42(39)50(44(40)28-37)45-26-31(5)20-21-48-45/h10-13,16-17,20-22,24-30,32,35,46H,14-15,18-19,23H2,1-9H3/t32?,35-,46+/m0/s1. The number of nitrogens with zero attached hydrogens (tertiary/aromatic N) is 4. The van der Waals surface area contributed by atoms with Crippen molar-refractivity contribution in [3.8, 4) is 23.0 Å². The minimum Gasteiger partial charge on any atom is -0.457 e. The average Bonchev–Trinajstić information content (AvgIpc) is 3.61. The van der Waals surface area contributed by atoms with Crippen LogP contribution in [0.3, 0.4) is 0 Å². The van der Waals surface area contributed by atoms with E-state index in [2.05, 4.69) is 144 Å². The highest BCUT2D eigenvalue weighted by atomic mass is 16.5. The number of benzene rings is 3. The molecule has 0 saturated heterocycles. The Labute approximate surface area is 310 Å². The summed E-state index contributed by atoms with van der Waals surface area (Å²) < 4.78 is 11.3. The summed E-state index contributed by atoms with van der Waals surface area (Å²) in [6.45, 7) is 20.8. The van der Waals surface area contributed by atoms with Crippen LogP contribution in [0.2, 0.25) is 0 Å². The number of pyridine rings is 1. The molecular weight excluding hydrogens is 637 g/mol. The summed E-state index contributed by atoms with van der Waals surface area (Å²) in [5.41, 5.74) is 11.3. The first kappa shape index (κ1) is 35.7. The van der Waals surface area contributed by atoms with Gasteiger partial charge in [-0.2, -0.15) is 5.10 Å². The Hall–Kier alpha value is -4.64. The van der Waals surface area contributed by atoms with Gasteiger partial charge >= 0.3 is 0 Å². The molecule has 52 heavy (non-hydrogen) atoms. The van der Waals surface area contributed by atoms with Gasteiger partial charge in [0.25, 0.3) is 0 Å². The van der Waals surface area contributed by atoms with E-state index in [1.165, 1.54) is 45.3 Å². The Morgan fingerprint density at radius 2 is 1.52 bits per heavy atom. The molecule has 270 valence electrons. The van der Waals surface area contributed by atoms with Crippen molar-refractivity contribution in [3.05, 3.63) is 119 Å². The molecule has 6 aromatic rings. The van der Waals surface area contributed by atoms with E-state index in [1.54, 1.807) is 0 Å². The fourth-order valence-corrected chi connectivity index (χ4v) is 8.62. The molecule has 3 heterocycles. The first-order chi connectivity index (χ1) is 25.0. The van der Waals surface area contributed by atoms with Crippen molar-refractivity contribution in [1.82, 2.24) is 19.3 Å². The van der Waals surface area contributed by atoms with Crippen molar-refractivity contribution >= 4 is 21.8 Å². The molecule has 0 spiro atoms. The molecule has 0 radical (unpaired) electrons. The zero-order chi connectivity index (χ0) is 36.7. The molecule has 3 aromatic carbocycles. The molecule has 1 aliphatic rings. The summed E-state index contributed by atoms with van der Waals surface area (Å²) in [5, 5.41) is 7.91. The van der Waals surface area contributed by atoms with Gasteiger partial charge < -0.3 is 4.74 Å². The number of hydrogen-bond acceptors (Lipinski definition) is 3. The molecule has 0 amide bonds. The zero-order valence-corrected chi connectivity index (χ0v) is 32.7. The summed E-state index contributed by atoms with van der Waals surface area (Å²) in [4.78, 5) is 4.77. The highest BCUT2D eigenvalue weighted by Gasteiger charge is 2.33. The van der Waals surface area contributed by atoms with Gasteiger partial charge in [-0.15, -0.1) is 0 Å². The summed E-state index contributed by atoms with van der Waals surface area (Å²) in [5.74, 6) is 5.33. The Morgan fingerprint density at radius 1 is 0.769 bits per heavy atom. The first-order valence-corrected chi connectivity index (χ1v) is 19.5. The van der Waals surface area contributed by atoms with E-state index in [0.29, 0.717) is 29.6 Å². The number of para-hydroxylation sites is 1. The lowest BCUT2D eigenvalue weighted by atomic mass is 9.71. The maximum absolute atomic E-state index is 6.77. The van der Waals surface area contributed by atoms with Gasteiger partial charge in [-0.1, -0.05) is 71.4 Å². The van der Waals surface area contributed by atoms with Crippen molar-refractivity contribution in [1.29, 1.82) is 0 Å². The largest absolute Gasteiger partial charge is 0.457 e. The first-order valence-electron chi connectivity index (χ1n) is 19.5. The van der Waals surface area contributed by atoms with E-state index in [-0.39, 0.29) is 0 Å². The van der Waals surface area contributed by atoms with Crippen LogP contribution in [0.25, 0.3) is 33.3 Å². The molecule has 7 rings (SSSR count). The molecule has 5 nitrogen and oxygen atoms in total. The summed E-state index contributed by atoms with van der Waals surface area (Å²) in [6.07, 6.45) is 9.88. The second-order valence-corrected chi connectivity index (χ2v) is 16.5. The number of fused-ring (bicyclic) bond motifs is 3.